The van der Waals surface area contributed by atoms with Gasteiger partial charge in [-0.2, -0.15) is 0 Å². The summed E-state index contributed by atoms with van der Waals surface area (Å²) >= 11 is 0. The van der Waals surface area contributed by atoms with Crippen LogP contribution in [0.25, 0.3) is 11.0 Å². The van der Waals surface area contributed by atoms with E-state index in [4.69, 9.17) is 5.73 Å². The highest BCUT2D eigenvalue weighted by atomic mass is 15.1. The van der Waals surface area contributed by atoms with Gasteiger partial charge in [0.25, 0.3) is 0 Å². The minimum atomic E-state index is 0.111. The predicted octanol–water partition coefficient (Wildman–Crippen LogP) is 2.48. The molecule has 0 radical (unpaired) electrons. The van der Waals surface area contributed by atoms with Gasteiger partial charge in [0.2, 0.25) is 0 Å². The summed E-state index contributed by atoms with van der Waals surface area (Å²) in [5.41, 5.74) is 8.97. The second-order valence-corrected chi connectivity index (χ2v) is 6.01. The summed E-state index contributed by atoms with van der Waals surface area (Å²) in [6, 6.07) is 8.58. The number of nitrogens with one attached hydrogen (secondary N) is 1. The molecule has 1 heterocycles. The SMILES string of the molecule is Cc1nc2ccccc2nc1NC1CC(N)C1(C)C. The normalized spacial score (nSPS) is 25.1. The van der Waals surface area contributed by atoms with E-state index in [-0.39, 0.29) is 11.5 Å². The lowest BCUT2D eigenvalue weighted by Gasteiger charge is -2.50. The van der Waals surface area contributed by atoms with Crippen molar-refractivity contribution in [3.05, 3.63) is 30.0 Å². The van der Waals surface area contributed by atoms with Crippen molar-refractivity contribution in [2.24, 2.45) is 11.1 Å². The highest BCUT2D eigenvalue weighted by molar-refractivity contribution is 5.76. The van der Waals surface area contributed by atoms with E-state index in [0.29, 0.717) is 6.04 Å². The Kier molecular flexibility index (Phi) is 2.71. The van der Waals surface area contributed by atoms with E-state index in [9.17, 15) is 0 Å². The van der Waals surface area contributed by atoms with Crippen LogP contribution in [-0.4, -0.2) is 22.1 Å². The molecule has 0 aliphatic heterocycles. The number of aryl methyl sites for hydroxylation is 1. The van der Waals surface area contributed by atoms with Crippen LogP contribution in [0, 0.1) is 12.3 Å². The molecule has 1 aromatic heterocycles. The van der Waals surface area contributed by atoms with Gasteiger partial charge in [0, 0.05) is 17.5 Å². The first-order valence-corrected chi connectivity index (χ1v) is 6.74. The lowest BCUT2D eigenvalue weighted by Crippen LogP contribution is -2.61. The van der Waals surface area contributed by atoms with Crippen molar-refractivity contribution in [2.75, 3.05) is 5.32 Å². The molecule has 4 nitrogen and oxygen atoms in total. The van der Waals surface area contributed by atoms with Gasteiger partial charge in [-0.15, -0.1) is 0 Å². The summed E-state index contributed by atoms with van der Waals surface area (Å²) < 4.78 is 0. The molecule has 0 saturated heterocycles. The second-order valence-electron chi connectivity index (χ2n) is 6.01. The average Bonchev–Trinajstić information content (AvgIpc) is 2.39. The van der Waals surface area contributed by atoms with E-state index >= 15 is 0 Å². The molecule has 3 rings (SSSR count). The molecule has 1 fully saturated rings. The van der Waals surface area contributed by atoms with E-state index in [0.717, 1.165) is 29.0 Å². The van der Waals surface area contributed by atoms with Crippen molar-refractivity contribution in [2.45, 2.75) is 39.3 Å². The number of para-hydroxylation sites is 2. The fourth-order valence-electron chi connectivity index (χ4n) is 2.59. The average molecular weight is 256 g/mol. The van der Waals surface area contributed by atoms with Gasteiger partial charge in [0.05, 0.1) is 16.7 Å². The van der Waals surface area contributed by atoms with E-state index in [2.05, 4.69) is 29.1 Å². The molecule has 1 aliphatic rings. The molecular formula is C15H20N4. The van der Waals surface area contributed by atoms with Crippen LogP contribution < -0.4 is 11.1 Å². The fourth-order valence-corrected chi connectivity index (χ4v) is 2.59. The number of anilines is 1. The smallest absolute Gasteiger partial charge is 0.148 e. The largest absolute Gasteiger partial charge is 0.365 e. The van der Waals surface area contributed by atoms with E-state index in [1.807, 2.05) is 31.2 Å². The summed E-state index contributed by atoms with van der Waals surface area (Å²) in [5, 5.41) is 3.51. The Morgan fingerprint density at radius 1 is 1.21 bits per heavy atom. The van der Waals surface area contributed by atoms with Crippen LogP contribution in [0.5, 0.6) is 0 Å². The maximum Gasteiger partial charge on any atom is 0.148 e. The Bertz CT molecular complexity index is 621. The van der Waals surface area contributed by atoms with Crippen molar-refractivity contribution in [1.82, 2.24) is 9.97 Å². The lowest BCUT2D eigenvalue weighted by atomic mass is 9.63. The Labute approximate surface area is 113 Å². The maximum atomic E-state index is 6.05. The van der Waals surface area contributed by atoms with Crippen LogP contribution in [0.1, 0.15) is 26.0 Å². The third kappa shape index (κ3) is 1.96. The Balaban J connectivity index is 1.91. The maximum absolute atomic E-state index is 6.05. The monoisotopic (exact) mass is 256 g/mol. The van der Waals surface area contributed by atoms with Gasteiger partial charge in [-0.25, -0.2) is 9.97 Å². The number of hydrogen-bond donors (Lipinski definition) is 2. The van der Waals surface area contributed by atoms with Crippen LogP contribution in [0.3, 0.4) is 0 Å². The van der Waals surface area contributed by atoms with Gasteiger partial charge in [-0.3, -0.25) is 0 Å². The quantitative estimate of drug-likeness (QED) is 0.866. The first-order valence-electron chi connectivity index (χ1n) is 6.74. The molecule has 0 amide bonds. The summed E-state index contributed by atoms with van der Waals surface area (Å²) in [4.78, 5) is 9.27. The summed E-state index contributed by atoms with van der Waals surface area (Å²) in [7, 11) is 0. The number of nitrogens with zero attached hydrogens (tertiary/aromatic N) is 2. The zero-order chi connectivity index (χ0) is 13.6. The molecule has 19 heavy (non-hydrogen) atoms. The van der Waals surface area contributed by atoms with Gasteiger partial charge in [0.1, 0.15) is 5.82 Å². The molecule has 1 aromatic carbocycles. The molecule has 0 spiro atoms. The zero-order valence-corrected chi connectivity index (χ0v) is 11.6. The van der Waals surface area contributed by atoms with Crippen molar-refractivity contribution < 1.29 is 0 Å². The highest BCUT2D eigenvalue weighted by Crippen LogP contribution is 2.41. The number of aromatic nitrogens is 2. The minimum Gasteiger partial charge on any atom is -0.365 e. The van der Waals surface area contributed by atoms with Crippen LogP contribution in [0.15, 0.2) is 24.3 Å². The number of hydrogen-bond acceptors (Lipinski definition) is 4. The molecule has 100 valence electrons. The molecule has 2 atom stereocenters. The number of benzene rings is 1. The summed E-state index contributed by atoms with van der Waals surface area (Å²) in [5.74, 6) is 0.878. The third-order valence-corrected chi connectivity index (χ3v) is 4.40. The van der Waals surface area contributed by atoms with E-state index in [1.54, 1.807) is 0 Å². The van der Waals surface area contributed by atoms with Crippen LogP contribution in [0.4, 0.5) is 5.82 Å². The van der Waals surface area contributed by atoms with Gasteiger partial charge < -0.3 is 11.1 Å². The van der Waals surface area contributed by atoms with Crippen molar-refractivity contribution in [3.63, 3.8) is 0 Å². The Morgan fingerprint density at radius 3 is 2.42 bits per heavy atom. The molecule has 4 heteroatoms. The van der Waals surface area contributed by atoms with E-state index < -0.39 is 0 Å². The number of nitrogens with two attached hydrogens (primary N) is 1. The Hall–Kier alpha value is -1.68. The zero-order valence-electron chi connectivity index (χ0n) is 11.6. The molecule has 1 aliphatic carbocycles. The molecular weight excluding hydrogens is 236 g/mol. The topological polar surface area (TPSA) is 63.8 Å². The lowest BCUT2D eigenvalue weighted by molar-refractivity contribution is 0.117. The predicted molar refractivity (Wildman–Crippen MR) is 78.1 cm³/mol. The fraction of sp³-hybridized carbons (Fsp3) is 0.467. The standard InChI is InChI=1S/C15H20N4/c1-9-14(19-13-8-12(16)15(13,2)3)18-11-7-5-4-6-10(11)17-9/h4-7,12-13H,8,16H2,1-3H3,(H,18,19). The van der Waals surface area contributed by atoms with Crippen LogP contribution in [-0.2, 0) is 0 Å². The van der Waals surface area contributed by atoms with Crippen LogP contribution in [0.2, 0.25) is 0 Å². The first kappa shape index (κ1) is 12.4. The van der Waals surface area contributed by atoms with Crippen molar-refractivity contribution >= 4 is 16.9 Å². The highest BCUT2D eigenvalue weighted by Gasteiger charge is 2.46. The number of fused-ring (bicyclic) bond motifs is 1. The molecule has 2 unspecified atom stereocenters. The van der Waals surface area contributed by atoms with Gasteiger partial charge in [0.15, 0.2) is 0 Å². The third-order valence-electron chi connectivity index (χ3n) is 4.40. The summed E-state index contributed by atoms with van der Waals surface area (Å²) in [6.45, 7) is 6.39. The number of rotatable bonds is 2. The van der Waals surface area contributed by atoms with Crippen LogP contribution >= 0.6 is 0 Å². The first-order chi connectivity index (χ1) is 8.98. The van der Waals surface area contributed by atoms with E-state index in [1.165, 1.54) is 0 Å². The second kappa shape index (κ2) is 4.17. The molecule has 1 saturated carbocycles. The van der Waals surface area contributed by atoms with Gasteiger partial charge >= 0.3 is 0 Å². The van der Waals surface area contributed by atoms with Crippen molar-refractivity contribution in [3.8, 4) is 0 Å². The minimum absolute atomic E-state index is 0.111. The van der Waals surface area contributed by atoms with Gasteiger partial charge in [-0.05, 0) is 25.5 Å². The van der Waals surface area contributed by atoms with Gasteiger partial charge in [-0.1, -0.05) is 26.0 Å². The summed E-state index contributed by atoms with van der Waals surface area (Å²) in [6.07, 6.45) is 0.987. The van der Waals surface area contributed by atoms with Crippen molar-refractivity contribution in [1.29, 1.82) is 0 Å². The molecule has 3 N–H and O–H groups in total. The Morgan fingerprint density at radius 2 is 1.84 bits per heavy atom. The molecule has 2 aromatic rings. The molecule has 0 bridgehead atoms.